The second-order valence-corrected chi connectivity index (χ2v) is 22.6. The molecular weight excluding hydrogens is 1020 g/mol. The summed E-state index contributed by atoms with van der Waals surface area (Å²) in [6.07, 6.45) is 99.4. The highest BCUT2D eigenvalue weighted by Gasteiger charge is 2.19. The van der Waals surface area contributed by atoms with E-state index in [0.29, 0.717) is 19.3 Å². The highest BCUT2D eigenvalue weighted by molar-refractivity contribution is 5.71. The highest BCUT2D eigenvalue weighted by atomic mass is 16.6. The lowest BCUT2D eigenvalue weighted by atomic mass is 10.0. The van der Waals surface area contributed by atoms with Gasteiger partial charge in [0.2, 0.25) is 0 Å². The zero-order valence-electron chi connectivity index (χ0n) is 54.2. The quantitative estimate of drug-likeness (QED) is 0.0261. The van der Waals surface area contributed by atoms with Crippen molar-refractivity contribution in [2.24, 2.45) is 0 Å². The van der Waals surface area contributed by atoms with Crippen molar-refractivity contribution in [1.82, 2.24) is 0 Å². The van der Waals surface area contributed by atoms with Gasteiger partial charge < -0.3 is 14.2 Å². The molecule has 0 rings (SSSR count). The Morgan fingerprint density at radius 2 is 0.458 bits per heavy atom. The molecule has 6 heteroatoms. The first-order valence-electron chi connectivity index (χ1n) is 34.7. The minimum absolute atomic E-state index is 0.104. The van der Waals surface area contributed by atoms with Gasteiger partial charge in [0, 0.05) is 19.3 Å². The first-order chi connectivity index (χ1) is 41.0. The van der Waals surface area contributed by atoms with E-state index in [1.807, 2.05) is 6.08 Å². The smallest absolute Gasteiger partial charge is 0.306 e. The van der Waals surface area contributed by atoms with Gasteiger partial charge in [0.1, 0.15) is 13.2 Å². The Morgan fingerprint density at radius 1 is 0.241 bits per heavy atom. The maximum atomic E-state index is 12.9. The summed E-state index contributed by atoms with van der Waals surface area (Å²) in [5.74, 6) is -0.992. The lowest BCUT2D eigenvalue weighted by Gasteiger charge is -2.18. The number of rotatable bonds is 62. The van der Waals surface area contributed by atoms with Crippen molar-refractivity contribution in [2.45, 2.75) is 322 Å². The summed E-state index contributed by atoms with van der Waals surface area (Å²) in [5.41, 5.74) is 0. The average molecular weight is 1150 g/mol. The van der Waals surface area contributed by atoms with Gasteiger partial charge in [-0.3, -0.25) is 14.4 Å². The number of carbonyl (C=O) groups is 3. The molecule has 1 atom stereocenters. The van der Waals surface area contributed by atoms with Gasteiger partial charge in [-0.15, -0.1) is 0 Å². The molecule has 0 aliphatic heterocycles. The minimum atomic E-state index is -0.815. The zero-order valence-corrected chi connectivity index (χ0v) is 54.2. The molecule has 6 nitrogen and oxygen atoms in total. The van der Waals surface area contributed by atoms with Gasteiger partial charge in [0.25, 0.3) is 0 Å². The molecule has 0 radical (unpaired) electrons. The van der Waals surface area contributed by atoms with Crippen LogP contribution >= 0.6 is 0 Å². The van der Waals surface area contributed by atoms with Crippen molar-refractivity contribution in [2.75, 3.05) is 13.2 Å². The Hall–Kier alpha value is -4.45. The molecule has 472 valence electrons. The van der Waals surface area contributed by atoms with Crippen molar-refractivity contribution < 1.29 is 28.6 Å². The van der Waals surface area contributed by atoms with Gasteiger partial charge in [0.15, 0.2) is 6.10 Å². The normalized spacial score (nSPS) is 13.0. The number of allylic oxidation sites excluding steroid dienone is 22. The van der Waals surface area contributed by atoms with Gasteiger partial charge in [-0.05, 0) is 116 Å². The van der Waals surface area contributed by atoms with E-state index in [1.165, 1.54) is 154 Å². The van der Waals surface area contributed by atoms with Crippen LogP contribution in [0.1, 0.15) is 316 Å². The van der Waals surface area contributed by atoms with Gasteiger partial charge in [0.05, 0.1) is 0 Å². The van der Waals surface area contributed by atoms with Crippen LogP contribution in [0.25, 0.3) is 0 Å². The van der Waals surface area contributed by atoms with E-state index < -0.39 is 6.10 Å². The fourth-order valence-corrected chi connectivity index (χ4v) is 9.58. The number of ether oxygens (including phenoxy) is 3. The van der Waals surface area contributed by atoms with E-state index in [-0.39, 0.29) is 37.5 Å². The molecule has 0 aliphatic carbocycles. The summed E-state index contributed by atoms with van der Waals surface area (Å²) >= 11 is 0. The topological polar surface area (TPSA) is 78.9 Å². The Bertz CT molecular complexity index is 1750. The van der Waals surface area contributed by atoms with Crippen LogP contribution in [0, 0.1) is 0 Å². The summed E-state index contributed by atoms with van der Waals surface area (Å²) < 4.78 is 16.9. The maximum absolute atomic E-state index is 12.9. The first-order valence-corrected chi connectivity index (χ1v) is 34.7. The van der Waals surface area contributed by atoms with Crippen LogP contribution in [0.4, 0.5) is 0 Å². The average Bonchev–Trinajstić information content (AvgIpc) is 3.49. The third-order valence-electron chi connectivity index (χ3n) is 14.6. The second-order valence-electron chi connectivity index (χ2n) is 22.6. The van der Waals surface area contributed by atoms with Gasteiger partial charge in [-0.1, -0.05) is 315 Å². The molecule has 0 saturated heterocycles. The molecule has 0 aromatic carbocycles. The lowest BCUT2D eigenvalue weighted by Crippen LogP contribution is -2.30. The van der Waals surface area contributed by atoms with E-state index in [4.69, 9.17) is 14.2 Å². The Labute approximate surface area is 513 Å². The number of hydrogen-bond acceptors (Lipinski definition) is 6. The van der Waals surface area contributed by atoms with Gasteiger partial charge in [-0.25, -0.2) is 0 Å². The first kappa shape index (κ1) is 78.5. The third-order valence-corrected chi connectivity index (χ3v) is 14.6. The molecule has 0 spiro atoms. The molecule has 0 saturated carbocycles. The van der Waals surface area contributed by atoms with Gasteiger partial charge >= 0.3 is 17.9 Å². The summed E-state index contributed by atoms with van der Waals surface area (Å²) in [6, 6.07) is 0. The van der Waals surface area contributed by atoms with Crippen molar-refractivity contribution in [1.29, 1.82) is 0 Å². The number of carbonyl (C=O) groups excluding carboxylic acids is 3. The second kappa shape index (κ2) is 70.0. The van der Waals surface area contributed by atoms with E-state index in [2.05, 4.69) is 148 Å². The largest absolute Gasteiger partial charge is 0.462 e. The van der Waals surface area contributed by atoms with E-state index in [1.54, 1.807) is 0 Å². The van der Waals surface area contributed by atoms with E-state index in [0.717, 1.165) is 116 Å². The van der Waals surface area contributed by atoms with Crippen LogP contribution in [0.2, 0.25) is 0 Å². The fourth-order valence-electron chi connectivity index (χ4n) is 9.58. The van der Waals surface area contributed by atoms with E-state index in [9.17, 15) is 14.4 Å². The minimum Gasteiger partial charge on any atom is -0.462 e. The van der Waals surface area contributed by atoms with Gasteiger partial charge in [-0.2, -0.15) is 0 Å². The van der Waals surface area contributed by atoms with Crippen LogP contribution in [0.15, 0.2) is 134 Å². The Kier molecular flexibility index (Phi) is 66.3. The summed E-state index contributed by atoms with van der Waals surface area (Å²) in [5, 5.41) is 0. The SMILES string of the molecule is CC/C=C\C/C=C\C/C=C\C/C=C\CCCCCCCCCCCCCCCCCCCCCCCCC(=O)OCC(COC(=O)CC/C=C\C/C=C\C/C=C\C/C=C\CC)OC(=O)CCCCCCCCC/C=C\C/C=C\C/C=C\CC. The van der Waals surface area contributed by atoms with Crippen molar-refractivity contribution in [3.8, 4) is 0 Å². The standard InChI is InChI=1S/C77H128O6/c1-4-7-10-13-16-19-22-25-27-29-30-31-32-33-34-35-36-37-38-39-40-41-42-43-44-45-46-48-49-52-55-58-61-64-67-70-76(79)82-73-74(72-81-75(78)69-66-63-60-57-54-51-24-21-18-15-12-9-6-3)83-77(80)71-68-65-62-59-56-53-50-47-28-26-23-20-17-14-11-8-5-2/h7-12,16-21,25-28,30-31,51,54,60,63,74H,4-6,13-15,22-24,29,32-50,52-53,55-59,61-62,64-73H2,1-3H3/b10-7-,11-8-,12-9-,19-16-,20-17-,21-18-,27-25-,28-26-,31-30-,54-51-,63-60-. The van der Waals surface area contributed by atoms with E-state index >= 15 is 0 Å². The highest BCUT2D eigenvalue weighted by Crippen LogP contribution is 2.17. The van der Waals surface area contributed by atoms with Crippen molar-refractivity contribution in [3.63, 3.8) is 0 Å². The molecule has 83 heavy (non-hydrogen) atoms. The molecule has 1 unspecified atom stereocenters. The number of unbranched alkanes of at least 4 members (excludes halogenated alkanes) is 29. The molecule has 0 amide bonds. The van der Waals surface area contributed by atoms with Crippen molar-refractivity contribution in [3.05, 3.63) is 134 Å². The summed E-state index contributed by atoms with van der Waals surface area (Å²) in [6.45, 7) is 6.25. The third kappa shape index (κ3) is 68.2. The van der Waals surface area contributed by atoms with Crippen LogP contribution in [0.3, 0.4) is 0 Å². The lowest BCUT2D eigenvalue weighted by molar-refractivity contribution is -0.166. The molecule has 0 aromatic rings. The molecule has 0 aliphatic rings. The predicted molar refractivity (Wildman–Crippen MR) is 362 cm³/mol. The Balaban J connectivity index is 4.16. The van der Waals surface area contributed by atoms with Crippen LogP contribution in [0.5, 0.6) is 0 Å². The fraction of sp³-hybridized carbons (Fsp3) is 0.675. The number of hydrogen-bond donors (Lipinski definition) is 0. The summed E-state index contributed by atoms with van der Waals surface area (Å²) in [7, 11) is 0. The molecule has 0 N–H and O–H groups in total. The summed E-state index contributed by atoms with van der Waals surface area (Å²) in [4.78, 5) is 38.3. The molecule has 0 fully saturated rings. The molecule has 0 bridgehead atoms. The number of esters is 3. The Morgan fingerprint density at radius 3 is 0.747 bits per heavy atom. The monoisotopic (exact) mass is 1150 g/mol. The molecule has 0 heterocycles. The van der Waals surface area contributed by atoms with Crippen molar-refractivity contribution >= 4 is 17.9 Å². The predicted octanol–water partition coefficient (Wildman–Crippen LogP) is 24.1. The van der Waals surface area contributed by atoms with Crippen LogP contribution in [-0.4, -0.2) is 37.2 Å². The maximum Gasteiger partial charge on any atom is 0.306 e. The molecule has 0 aromatic heterocycles. The van der Waals surface area contributed by atoms with Crippen LogP contribution in [-0.2, 0) is 28.6 Å². The molecular formula is C77H128O6. The zero-order chi connectivity index (χ0) is 59.9. The van der Waals surface area contributed by atoms with Crippen LogP contribution < -0.4 is 0 Å².